The highest BCUT2D eigenvalue weighted by molar-refractivity contribution is 5.54. The quantitative estimate of drug-likeness (QED) is 0.542. The van der Waals surface area contributed by atoms with E-state index in [1.807, 2.05) is 19.1 Å². The van der Waals surface area contributed by atoms with Gasteiger partial charge in [0, 0.05) is 12.4 Å². The molecule has 0 unspecified atom stereocenters. The Bertz CT molecular complexity index is 800. The molecule has 3 aromatic rings. The maximum absolute atomic E-state index is 11.4. The first-order valence-corrected chi connectivity index (χ1v) is 6.37. The second kappa shape index (κ2) is 5.60. The van der Waals surface area contributed by atoms with Crippen LogP contribution in [-0.2, 0) is 0 Å². The average Bonchev–Trinajstić information content (AvgIpc) is 3.03. The zero-order chi connectivity index (χ0) is 15.5. The van der Waals surface area contributed by atoms with Crippen molar-refractivity contribution < 1.29 is 9.66 Å². The number of benzene rings is 1. The van der Waals surface area contributed by atoms with Crippen molar-refractivity contribution in [1.82, 2.24) is 19.5 Å². The van der Waals surface area contributed by atoms with Crippen LogP contribution in [0.25, 0.3) is 5.82 Å². The van der Waals surface area contributed by atoms with Crippen LogP contribution in [-0.4, -0.2) is 24.4 Å². The number of aromatic nitrogens is 4. The van der Waals surface area contributed by atoms with Crippen LogP contribution in [0.5, 0.6) is 11.6 Å². The highest BCUT2D eigenvalue weighted by Gasteiger charge is 2.26. The molecule has 110 valence electrons. The molecule has 0 spiro atoms. The van der Waals surface area contributed by atoms with Crippen LogP contribution >= 0.6 is 0 Å². The first-order valence-electron chi connectivity index (χ1n) is 6.37. The third-order valence-corrected chi connectivity index (χ3v) is 2.94. The second-order valence-electron chi connectivity index (χ2n) is 4.49. The molecule has 0 saturated heterocycles. The van der Waals surface area contributed by atoms with Crippen LogP contribution < -0.4 is 4.74 Å². The molecule has 22 heavy (non-hydrogen) atoms. The number of nitro groups is 1. The number of rotatable bonds is 4. The molecule has 0 aliphatic rings. The van der Waals surface area contributed by atoms with Crippen LogP contribution in [0.1, 0.15) is 5.56 Å². The molecule has 2 aromatic heterocycles. The molecule has 0 bridgehead atoms. The van der Waals surface area contributed by atoms with Crippen LogP contribution in [0.2, 0.25) is 0 Å². The summed E-state index contributed by atoms with van der Waals surface area (Å²) in [4.78, 5) is 22.5. The van der Waals surface area contributed by atoms with E-state index in [4.69, 9.17) is 4.74 Å². The van der Waals surface area contributed by atoms with Gasteiger partial charge in [-0.2, -0.15) is 4.98 Å². The molecule has 3 rings (SSSR count). The number of hydrogen-bond acceptors (Lipinski definition) is 6. The Morgan fingerprint density at radius 3 is 2.64 bits per heavy atom. The fourth-order valence-electron chi connectivity index (χ4n) is 1.88. The molecule has 8 nitrogen and oxygen atoms in total. The van der Waals surface area contributed by atoms with E-state index in [0.29, 0.717) is 5.75 Å². The molecule has 0 saturated carbocycles. The van der Waals surface area contributed by atoms with Crippen molar-refractivity contribution in [2.45, 2.75) is 6.92 Å². The van der Waals surface area contributed by atoms with Gasteiger partial charge in [-0.15, -0.1) is 0 Å². The van der Waals surface area contributed by atoms with E-state index < -0.39 is 4.92 Å². The zero-order valence-corrected chi connectivity index (χ0v) is 11.6. The van der Waals surface area contributed by atoms with E-state index >= 15 is 0 Å². The molecular formula is C14H11N5O3. The summed E-state index contributed by atoms with van der Waals surface area (Å²) in [6.07, 6.45) is 5.70. The second-order valence-corrected chi connectivity index (χ2v) is 4.49. The predicted octanol–water partition coefficient (Wildman–Crippen LogP) is 2.67. The van der Waals surface area contributed by atoms with Gasteiger partial charge in [0.05, 0.1) is 4.92 Å². The van der Waals surface area contributed by atoms with Crippen molar-refractivity contribution in [1.29, 1.82) is 0 Å². The van der Waals surface area contributed by atoms with Crippen LogP contribution in [0.4, 0.5) is 5.69 Å². The molecule has 8 heteroatoms. The summed E-state index contributed by atoms with van der Waals surface area (Å²) in [5, 5.41) is 11.4. The Kier molecular flexibility index (Phi) is 3.48. The van der Waals surface area contributed by atoms with Crippen molar-refractivity contribution >= 4 is 5.69 Å². The molecule has 0 fully saturated rings. The Morgan fingerprint density at radius 1 is 1.23 bits per heavy atom. The monoisotopic (exact) mass is 297 g/mol. The smallest absolute Gasteiger partial charge is 0.374 e. The molecular weight excluding hydrogens is 286 g/mol. The predicted molar refractivity (Wildman–Crippen MR) is 77.1 cm³/mol. The van der Waals surface area contributed by atoms with Crippen molar-refractivity contribution in [2.75, 3.05) is 0 Å². The first-order chi connectivity index (χ1) is 10.6. The maximum Gasteiger partial charge on any atom is 0.374 e. The molecule has 0 amide bonds. The Morgan fingerprint density at radius 2 is 2.00 bits per heavy atom. The van der Waals surface area contributed by atoms with Gasteiger partial charge in [-0.05, 0) is 19.1 Å². The van der Waals surface area contributed by atoms with E-state index in [9.17, 15) is 10.1 Å². The number of ether oxygens (including phenoxy) is 1. The minimum Gasteiger partial charge on any atom is -0.434 e. The molecule has 1 aromatic carbocycles. The van der Waals surface area contributed by atoms with Crippen LogP contribution in [0, 0.1) is 17.0 Å². The summed E-state index contributed by atoms with van der Waals surface area (Å²) in [5.41, 5.74) is 0.740. The van der Waals surface area contributed by atoms with E-state index in [0.717, 1.165) is 5.56 Å². The van der Waals surface area contributed by atoms with E-state index in [1.54, 1.807) is 18.3 Å². The molecule has 0 radical (unpaired) electrons. The van der Waals surface area contributed by atoms with Crippen molar-refractivity contribution in [2.24, 2.45) is 0 Å². The largest absolute Gasteiger partial charge is 0.434 e. The lowest BCUT2D eigenvalue weighted by atomic mass is 10.2. The zero-order valence-electron chi connectivity index (χ0n) is 11.6. The summed E-state index contributed by atoms with van der Waals surface area (Å²) >= 11 is 0. The topological polar surface area (TPSA) is 96.0 Å². The lowest BCUT2D eigenvalue weighted by molar-refractivity contribution is -0.386. The lowest BCUT2D eigenvalue weighted by Crippen LogP contribution is -2.04. The number of hydrogen-bond donors (Lipinski definition) is 0. The summed E-state index contributed by atoms with van der Waals surface area (Å²) in [5.74, 6) is 0.441. The third-order valence-electron chi connectivity index (χ3n) is 2.94. The van der Waals surface area contributed by atoms with Gasteiger partial charge in [0.25, 0.3) is 0 Å². The van der Waals surface area contributed by atoms with Gasteiger partial charge in [-0.3, -0.25) is 14.7 Å². The van der Waals surface area contributed by atoms with Gasteiger partial charge in [-0.1, -0.05) is 17.7 Å². The standard InChI is InChI=1S/C14H11N5O3/c1-10-2-4-11(5-3-10)22-14-12(19(20)21)13(16-8-17-14)18-7-6-15-9-18/h2-9H,1H3. The molecule has 0 atom stereocenters. The normalized spacial score (nSPS) is 10.4. The van der Waals surface area contributed by atoms with Crippen LogP contribution in [0.15, 0.2) is 49.3 Å². The fourth-order valence-corrected chi connectivity index (χ4v) is 1.88. The lowest BCUT2D eigenvalue weighted by Gasteiger charge is -2.08. The highest BCUT2D eigenvalue weighted by Crippen LogP contribution is 2.32. The molecule has 0 aliphatic heterocycles. The van der Waals surface area contributed by atoms with Gasteiger partial charge >= 0.3 is 11.6 Å². The SMILES string of the molecule is Cc1ccc(Oc2ncnc(-n3ccnc3)c2[N+](=O)[O-])cc1. The minimum atomic E-state index is -0.571. The first kappa shape index (κ1) is 13.7. The van der Waals surface area contributed by atoms with E-state index in [1.165, 1.54) is 23.4 Å². The third kappa shape index (κ3) is 2.62. The van der Waals surface area contributed by atoms with Crippen molar-refractivity contribution in [3.63, 3.8) is 0 Å². The molecule has 0 N–H and O–H groups in total. The van der Waals surface area contributed by atoms with E-state index in [-0.39, 0.29) is 17.4 Å². The number of aryl methyl sites for hydroxylation is 1. The van der Waals surface area contributed by atoms with Gasteiger partial charge in [-0.25, -0.2) is 9.97 Å². The fraction of sp³-hybridized carbons (Fsp3) is 0.0714. The van der Waals surface area contributed by atoms with Crippen molar-refractivity contribution in [3.05, 3.63) is 65.0 Å². The number of nitrogens with zero attached hydrogens (tertiary/aromatic N) is 5. The molecule has 0 aliphatic carbocycles. The summed E-state index contributed by atoms with van der Waals surface area (Å²) in [6, 6.07) is 7.13. The summed E-state index contributed by atoms with van der Waals surface area (Å²) < 4.78 is 6.97. The summed E-state index contributed by atoms with van der Waals surface area (Å²) in [6.45, 7) is 1.94. The maximum atomic E-state index is 11.4. The minimum absolute atomic E-state index is 0.0969. The van der Waals surface area contributed by atoms with Crippen molar-refractivity contribution in [3.8, 4) is 17.4 Å². The van der Waals surface area contributed by atoms with Gasteiger partial charge in [0.1, 0.15) is 18.4 Å². The van der Waals surface area contributed by atoms with Gasteiger partial charge in [0.15, 0.2) is 0 Å². The average molecular weight is 297 g/mol. The number of imidazole rings is 1. The van der Waals surface area contributed by atoms with Crippen LogP contribution in [0.3, 0.4) is 0 Å². The molecule has 2 heterocycles. The van der Waals surface area contributed by atoms with Gasteiger partial charge < -0.3 is 4.74 Å². The summed E-state index contributed by atoms with van der Waals surface area (Å²) in [7, 11) is 0. The van der Waals surface area contributed by atoms with E-state index in [2.05, 4.69) is 15.0 Å². The van der Waals surface area contributed by atoms with Gasteiger partial charge in [0.2, 0.25) is 5.82 Å². The Labute approximate surface area is 125 Å². The Hall–Kier alpha value is -3.29. The highest BCUT2D eigenvalue weighted by atomic mass is 16.6. The Balaban J connectivity index is 2.06.